The molecule has 1 saturated heterocycles. The lowest BCUT2D eigenvalue weighted by Gasteiger charge is -2.40. The summed E-state index contributed by atoms with van der Waals surface area (Å²) in [6.07, 6.45) is 4.83. The molecule has 0 spiro atoms. The molecule has 0 atom stereocenters. The van der Waals surface area contributed by atoms with E-state index in [0.29, 0.717) is 5.41 Å². The van der Waals surface area contributed by atoms with Gasteiger partial charge in [-0.1, -0.05) is 42.3 Å². The van der Waals surface area contributed by atoms with Crippen molar-refractivity contribution in [2.75, 3.05) is 24.5 Å². The Morgan fingerprint density at radius 1 is 1.32 bits per heavy atom. The summed E-state index contributed by atoms with van der Waals surface area (Å²) in [5.74, 6) is 0. The molecule has 2 N–H and O–H groups in total. The second-order valence-corrected chi connectivity index (χ2v) is 6.88. The molecule has 1 aromatic rings. The molecule has 1 fully saturated rings. The molecule has 1 aliphatic rings. The van der Waals surface area contributed by atoms with Crippen molar-refractivity contribution in [2.24, 2.45) is 11.1 Å². The fourth-order valence-corrected chi connectivity index (χ4v) is 3.19. The number of nitrogens with two attached hydrogens (primary N) is 1. The number of rotatable bonds is 4. The van der Waals surface area contributed by atoms with E-state index < -0.39 is 0 Å². The molecule has 0 aromatic heterocycles. The minimum absolute atomic E-state index is 0.538. The monoisotopic (exact) mass is 324 g/mol. The lowest BCUT2D eigenvalue weighted by Crippen LogP contribution is -2.39. The quantitative estimate of drug-likeness (QED) is 0.908. The van der Waals surface area contributed by atoms with Gasteiger partial charge in [-0.25, -0.2) is 0 Å². The molecule has 0 bridgehead atoms. The van der Waals surface area contributed by atoms with E-state index in [2.05, 4.69) is 52.9 Å². The van der Waals surface area contributed by atoms with E-state index in [4.69, 9.17) is 5.73 Å². The Balaban J connectivity index is 2.16. The Kier molecular flexibility index (Phi) is 4.91. The standard InChI is InChI=1S/C16H25BrN2/c1-3-16(2)7-10-19(11-8-16)15-12-14(17)5-4-13(15)6-9-18/h4-5,12H,3,6-11,18H2,1-2H3. The van der Waals surface area contributed by atoms with Gasteiger partial charge in [0.05, 0.1) is 0 Å². The van der Waals surface area contributed by atoms with Gasteiger partial charge in [0.15, 0.2) is 0 Å². The first kappa shape index (κ1) is 14.9. The lowest BCUT2D eigenvalue weighted by atomic mass is 9.78. The van der Waals surface area contributed by atoms with Gasteiger partial charge in [-0.2, -0.15) is 0 Å². The number of anilines is 1. The van der Waals surface area contributed by atoms with E-state index in [1.54, 1.807) is 0 Å². The van der Waals surface area contributed by atoms with Crippen LogP contribution in [0.3, 0.4) is 0 Å². The van der Waals surface area contributed by atoms with Crippen LogP contribution < -0.4 is 10.6 Å². The number of piperidine rings is 1. The summed E-state index contributed by atoms with van der Waals surface area (Å²) in [7, 11) is 0. The van der Waals surface area contributed by atoms with Crippen molar-refractivity contribution in [3.8, 4) is 0 Å². The maximum atomic E-state index is 5.73. The molecular weight excluding hydrogens is 300 g/mol. The fourth-order valence-electron chi connectivity index (χ4n) is 2.84. The van der Waals surface area contributed by atoms with Crippen LogP contribution in [0, 0.1) is 5.41 Å². The lowest BCUT2D eigenvalue weighted by molar-refractivity contribution is 0.238. The van der Waals surface area contributed by atoms with Gasteiger partial charge in [0.1, 0.15) is 0 Å². The average Bonchev–Trinajstić information content (AvgIpc) is 2.42. The van der Waals surface area contributed by atoms with Crippen molar-refractivity contribution in [1.82, 2.24) is 0 Å². The Labute approximate surface area is 125 Å². The highest BCUT2D eigenvalue weighted by atomic mass is 79.9. The van der Waals surface area contributed by atoms with Crippen LogP contribution in [-0.2, 0) is 6.42 Å². The van der Waals surface area contributed by atoms with Crippen LogP contribution in [0.2, 0.25) is 0 Å². The fraction of sp³-hybridized carbons (Fsp3) is 0.625. The Morgan fingerprint density at radius 2 is 2.00 bits per heavy atom. The summed E-state index contributed by atoms with van der Waals surface area (Å²) in [5, 5.41) is 0. The third-order valence-electron chi connectivity index (χ3n) is 4.63. The zero-order chi connectivity index (χ0) is 13.9. The van der Waals surface area contributed by atoms with Gasteiger partial charge in [-0.05, 0) is 48.9 Å². The van der Waals surface area contributed by atoms with E-state index in [1.807, 2.05) is 0 Å². The van der Waals surface area contributed by atoms with Crippen molar-refractivity contribution in [3.05, 3.63) is 28.2 Å². The van der Waals surface area contributed by atoms with Gasteiger partial charge in [0, 0.05) is 23.2 Å². The van der Waals surface area contributed by atoms with Gasteiger partial charge in [0.25, 0.3) is 0 Å². The summed E-state index contributed by atoms with van der Waals surface area (Å²) in [5.41, 5.74) is 9.02. The summed E-state index contributed by atoms with van der Waals surface area (Å²) in [4.78, 5) is 2.53. The number of hydrogen-bond acceptors (Lipinski definition) is 2. The van der Waals surface area contributed by atoms with Crippen LogP contribution >= 0.6 is 15.9 Å². The minimum atomic E-state index is 0.538. The zero-order valence-corrected chi connectivity index (χ0v) is 13.7. The SMILES string of the molecule is CCC1(C)CCN(c2cc(Br)ccc2CCN)CC1. The predicted octanol–water partition coefficient (Wildman–Crippen LogP) is 3.97. The third kappa shape index (κ3) is 3.51. The second-order valence-electron chi connectivity index (χ2n) is 5.96. The van der Waals surface area contributed by atoms with E-state index in [9.17, 15) is 0 Å². The van der Waals surface area contributed by atoms with Crippen LogP contribution in [0.15, 0.2) is 22.7 Å². The van der Waals surface area contributed by atoms with E-state index in [1.165, 1.54) is 43.6 Å². The molecule has 1 aliphatic heterocycles. The molecule has 0 saturated carbocycles. The highest BCUT2D eigenvalue weighted by molar-refractivity contribution is 9.10. The van der Waals surface area contributed by atoms with E-state index >= 15 is 0 Å². The molecular formula is C16H25BrN2. The van der Waals surface area contributed by atoms with Crippen LogP contribution in [-0.4, -0.2) is 19.6 Å². The minimum Gasteiger partial charge on any atom is -0.371 e. The van der Waals surface area contributed by atoms with Crippen molar-refractivity contribution in [3.63, 3.8) is 0 Å². The summed E-state index contributed by atoms with van der Waals surface area (Å²) >= 11 is 3.59. The first-order chi connectivity index (χ1) is 9.08. The molecule has 0 radical (unpaired) electrons. The van der Waals surface area contributed by atoms with Crippen LogP contribution in [0.25, 0.3) is 0 Å². The first-order valence-electron chi connectivity index (χ1n) is 7.31. The summed E-state index contributed by atoms with van der Waals surface area (Å²) in [6, 6.07) is 6.58. The van der Waals surface area contributed by atoms with E-state index in [0.717, 1.165) is 17.4 Å². The maximum Gasteiger partial charge on any atom is 0.0410 e. The Morgan fingerprint density at radius 3 is 2.58 bits per heavy atom. The smallest absolute Gasteiger partial charge is 0.0410 e. The summed E-state index contributed by atoms with van der Waals surface area (Å²) in [6.45, 7) is 7.78. The highest BCUT2D eigenvalue weighted by Crippen LogP contribution is 2.37. The second kappa shape index (κ2) is 6.27. The predicted molar refractivity (Wildman–Crippen MR) is 86.7 cm³/mol. The van der Waals surface area contributed by atoms with Crippen LogP contribution in [0.5, 0.6) is 0 Å². The van der Waals surface area contributed by atoms with Gasteiger partial charge >= 0.3 is 0 Å². The number of halogens is 1. The Hall–Kier alpha value is -0.540. The first-order valence-corrected chi connectivity index (χ1v) is 8.11. The highest BCUT2D eigenvalue weighted by Gasteiger charge is 2.28. The molecule has 1 heterocycles. The maximum absolute atomic E-state index is 5.73. The molecule has 0 unspecified atom stereocenters. The number of nitrogens with zero attached hydrogens (tertiary/aromatic N) is 1. The molecule has 0 aliphatic carbocycles. The third-order valence-corrected chi connectivity index (χ3v) is 5.12. The van der Waals surface area contributed by atoms with Gasteiger partial charge in [-0.15, -0.1) is 0 Å². The molecule has 19 heavy (non-hydrogen) atoms. The summed E-state index contributed by atoms with van der Waals surface area (Å²) < 4.78 is 1.16. The topological polar surface area (TPSA) is 29.3 Å². The van der Waals surface area contributed by atoms with Crippen molar-refractivity contribution in [2.45, 2.75) is 39.5 Å². The molecule has 2 rings (SSSR count). The van der Waals surface area contributed by atoms with Crippen molar-refractivity contribution < 1.29 is 0 Å². The van der Waals surface area contributed by atoms with E-state index in [-0.39, 0.29) is 0 Å². The van der Waals surface area contributed by atoms with Gasteiger partial charge in [-0.3, -0.25) is 0 Å². The van der Waals surface area contributed by atoms with Crippen LogP contribution in [0.4, 0.5) is 5.69 Å². The zero-order valence-electron chi connectivity index (χ0n) is 12.1. The Bertz CT molecular complexity index is 423. The molecule has 0 amide bonds. The van der Waals surface area contributed by atoms with Gasteiger partial charge in [0.2, 0.25) is 0 Å². The molecule has 3 heteroatoms. The van der Waals surface area contributed by atoms with Gasteiger partial charge < -0.3 is 10.6 Å². The number of benzene rings is 1. The van der Waals surface area contributed by atoms with Crippen LogP contribution in [0.1, 0.15) is 38.7 Å². The average molecular weight is 325 g/mol. The molecule has 1 aromatic carbocycles. The number of hydrogen-bond donors (Lipinski definition) is 1. The largest absolute Gasteiger partial charge is 0.371 e. The molecule has 106 valence electrons. The van der Waals surface area contributed by atoms with Crippen molar-refractivity contribution >= 4 is 21.6 Å². The molecule has 2 nitrogen and oxygen atoms in total. The van der Waals surface area contributed by atoms with Crippen molar-refractivity contribution in [1.29, 1.82) is 0 Å². The normalized spacial score (nSPS) is 18.6.